The van der Waals surface area contributed by atoms with E-state index in [1.165, 1.54) is 0 Å². The van der Waals surface area contributed by atoms with Gasteiger partial charge in [0.05, 0.1) is 0 Å². The fourth-order valence-corrected chi connectivity index (χ4v) is 1.55. The van der Waals surface area contributed by atoms with Crippen LogP contribution in [0.3, 0.4) is 0 Å². The number of imidazole rings is 1. The van der Waals surface area contributed by atoms with Crippen molar-refractivity contribution in [1.29, 1.82) is 0 Å². The Morgan fingerprint density at radius 2 is 2.21 bits per heavy atom. The van der Waals surface area contributed by atoms with E-state index in [9.17, 15) is 0 Å². The van der Waals surface area contributed by atoms with Crippen LogP contribution in [0.15, 0.2) is 36.7 Å². The van der Waals surface area contributed by atoms with E-state index in [-0.39, 0.29) is 0 Å². The van der Waals surface area contributed by atoms with Gasteiger partial charge in [-0.3, -0.25) is 0 Å². The van der Waals surface area contributed by atoms with Gasteiger partial charge < -0.3 is 4.57 Å². The summed E-state index contributed by atoms with van der Waals surface area (Å²) in [5.41, 5.74) is 1.16. The standard InChI is InChI=1S/C11H10ClN2/c12-11-4-2-1-3-10(11)5-7-14-8-6-13-9-14/h1-4,6,8H,5,7H2. The summed E-state index contributed by atoms with van der Waals surface area (Å²) in [5.74, 6) is 0. The second kappa shape index (κ2) is 4.29. The molecule has 2 aromatic rings. The Hall–Kier alpha value is -1.28. The van der Waals surface area contributed by atoms with Crippen LogP contribution >= 0.6 is 11.6 Å². The predicted molar refractivity (Wildman–Crippen MR) is 56.2 cm³/mol. The van der Waals surface area contributed by atoms with Gasteiger partial charge in [0.15, 0.2) is 6.33 Å². The van der Waals surface area contributed by atoms with Crippen LogP contribution in [0.1, 0.15) is 5.56 Å². The van der Waals surface area contributed by atoms with Crippen LogP contribution in [0.25, 0.3) is 0 Å². The fourth-order valence-electron chi connectivity index (χ4n) is 1.32. The van der Waals surface area contributed by atoms with E-state index in [2.05, 4.69) is 11.3 Å². The molecule has 71 valence electrons. The number of benzene rings is 1. The second-order valence-corrected chi connectivity index (χ2v) is 3.47. The van der Waals surface area contributed by atoms with Gasteiger partial charge in [0.25, 0.3) is 0 Å². The van der Waals surface area contributed by atoms with Gasteiger partial charge in [-0.05, 0) is 18.1 Å². The highest BCUT2D eigenvalue weighted by atomic mass is 35.5. The van der Waals surface area contributed by atoms with E-state index >= 15 is 0 Å². The molecule has 0 saturated carbocycles. The van der Waals surface area contributed by atoms with Crippen molar-refractivity contribution in [3.63, 3.8) is 0 Å². The summed E-state index contributed by atoms with van der Waals surface area (Å²) in [4.78, 5) is 3.86. The molecule has 14 heavy (non-hydrogen) atoms. The van der Waals surface area contributed by atoms with E-state index in [0.717, 1.165) is 23.6 Å². The Morgan fingerprint density at radius 1 is 1.36 bits per heavy atom. The molecule has 1 aromatic carbocycles. The first-order chi connectivity index (χ1) is 6.86. The average Bonchev–Trinajstić information content (AvgIpc) is 2.69. The summed E-state index contributed by atoms with van der Waals surface area (Å²) in [6.45, 7) is 0.865. The number of rotatable bonds is 3. The Bertz CT molecular complexity index is 395. The molecular formula is C11H10ClN2. The predicted octanol–water partition coefficient (Wildman–Crippen LogP) is 2.58. The van der Waals surface area contributed by atoms with E-state index in [4.69, 9.17) is 11.6 Å². The van der Waals surface area contributed by atoms with Crippen LogP contribution in [-0.2, 0) is 13.0 Å². The van der Waals surface area contributed by atoms with Gasteiger partial charge in [0.2, 0.25) is 0 Å². The van der Waals surface area contributed by atoms with Crippen molar-refractivity contribution in [2.45, 2.75) is 13.0 Å². The van der Waals surface area contributed by atoms with Crippen molar-refractivity contribution in [2.75, 3.05) is 0 Å². The topological polar surface area (TPSA) is 17.8 Å². The molecule has 3 heteroatoms. The maximum Gasteiger partial charge on any atom is 0.176 e. The SMILES string of the molecule is Clc1ccccc1CCn1[c]ncc1. The van der Waals surface area contributed by atoms with Gasteiger partial charge in [-0.15, -0.1) is 0 Å². The summed E-state index contributed by atoms with van der Waals surface area (Å²) in [7, 11) is 0. The zero-order chi connectivity index (χ0) is 9.80. The third-order valence-electron chi connectivity index (χ3n) is 2.09. The van der Waals surface area contributed by atoms with E-state index in [0.29, 0.717) is 0 Å². The Balaban J connectivity index is 2.02. The highest BCUT2D eigenvalue weighted by Crippen LogP contribution is 2.15. The highest BCUT2D eigenvalue weighted by Gasteiger charge is 1.98. The van der Waals surface area contributed by atoms with Gasteiger partial charge in [0.1, 0.15) is 0 Å². The molecule has 0 atom stereocenters. The summed E-state index contributed by atoms with van der Waals surface area (Å²) < 4.78 is 1.92. The third-order valence-corrected chi connectivity index (χ3v) is 2.46. The molecular weight excluding hydrogens is 196 g/mol. The molecule has 1 radical (unpaired) electrons. The van der Waals surface area contributed by atoms with Crippen LogP contribution in [0.4, 0.5) is 0 Å². The summed E-state index contributed by atoms with van der Waals surface area (Å²) in [6, 6.07) is 7.89. The average molecular weight is 206 g/mol. The van der Waals surface area contributed by atoms with E-state index in [1.54, 1.807) is 6.20 Å². The van der Waals surface area contributed by atoms with Gasteiger partial charge in [-0.25, -0.2) is 4.98 Å². The first kappa shape index (κ1) is 9.28. The minimum absolute atomic E-state index is 0.826. The van der Waals surface area contributed by atoms with Crippen LogP contribution in [0.2, 0.25) is 5.02 Å². The number of aromatic nitrogens is 2. The molecule has 0 aliphatic heterocycles. The van der Waals surface area contributed by atoms with Crippen molar-refractivity contribution in [2.24, 2.45) is 0 Å². The molecule has 1 aromatic heterocycles. The zero-order valence-corrected chi connectivity index (χ0v) is 8.41. The molecule has 2 rings (SSSR count). The van der Waals surface area contributed by atoms with Crippen LogP contribution < -0.4 is 0 Å². The van der Waals surface area contributed by atoms with Gasteiger partial charge in [-0.2, -0.15) is 0 Å². The number of nitrogens with zero attached hydrogens (tertiary/aromatic N) is 2. The van der Waals surface area contributed by atoms with Crippen LogP contribution in [0, 0.1) is 6.33 Å². The fraction of sp³-hybridized carbons (Fsp3) is 0.182. The zero-order valence-electron chi connectivity index (χ0n) is 7.65. The van der Waals surface area contributed by atoms with Crippen LogP contribution in [-0.4, -0.2) is 9.55 Å². The lowest BCUT2D eigenvalue weighted by Crippen LogP contribution is -1.99. The third kappa shape index (κ3) is 2.15. The van der Waals surface area contributed by atoms with Crippen molar-refractivity contribution >= 4 is 11.6 Å². The molecule has 0 bridgehead atoms. The summed E-state index contributed by atoms with van der Waals surface area (Å²) in [6.07, 6.45) is 7.39. The number of aryl methyl sites for hydroxylation is 2. The molecule has 0 unspecified atom stereocenters. The molecule has 0 aliphatic rings. The number of hydrogen-bond acceptors (Lipinski definition) is 1. The normalized spacial score (nSPS) is 10.4. The summed E-state index contributed by atoms with van der Waals surface area (Å²) >= 11 is 6.03. The van der Waals surface area contributed by atoms with Crippen molar-refractivity contribution in [3.05, 3.63) is 53.6 Å². The maximum absolute atomic E-state index is 6.03. The second-order valence-electron chi connectivity index (χ2n) is 3.06. The molecule has 0 amide bonds. The minimum Gasteiger partial charge on any atom is -0.328 e. The van der Waals surface area contributed by atoms with Gasteiger partial charge >= 0.3 is 0 Å². The minimum atomic E-state index is 0.826. The molecule has 0 fully saturated rings. The Morgan fingerprint density at radius 3 is 2.93 bits per heavy atom. The lowest BCUT2D eigenvalue weighted by molar-refractivity contribution is 0.690. The lowest BCUT2D eigenvalue weighted by Gasteiger charge is -2.03. The van der Waals surface area contributed by atoms with E-state index < -0.39 is 0 Å². The largest absolute Gasteiger partial charge is 0.328 e. The van der Waals surface area contributed by atoms with Crippen molar-refractivity contribution in [3.8, 4) is 0 Å². The molecule has 2 nitrogen and oxygen atoms in total. The lowest BCUT2D eigenvalue weighted by atomic mass is 10.1. The monoisotopic (exact) mass is 205 g/mol. The van der Waals surface area contributed by atoms with Crippen molar-refractivity contribution < 1.29 is 0 Å². The molecule has 1 heterocycles. The first-order valence-corrected chi connectivity index (χ1v) is 4.86. The molecule has 0 aliphatic carbocycles. The number of halogens is 1. The quantitative estimate of drug-likeness (QED) is 0.753. The van der Waals surface area contributed by atoms with Crippen molar-refractivity contribution in [1.82, 2.24) is 9.55 Å². The molecule has 0 saturated heterocycles. The molecule has 0 spiro atoms. The Labute approximate surface area is 88.2 Å². The molecule has 0 N–H and O–H groups in total. The summed E-state index contributed by atoms with van der Waals surface area (Å²) in [5, 5.41) is 0.826. The number of hydrogen-bond donors (Lipinski definition) is 0. The Kier molecular flexibility index (Phi) is 2.84. The van der Waals surface area contributed by atoms with Crippen LogP contribution in [0.5, 0.6) is 0 Å². The van der Waals surface area contributed by atoms with Gasteiger partial charge in [-0.1, -0.05) is 29.8 Å². The van der Waals surface area contributed by atoms with Gasteiger partial charge in [0, 0.05) is 24.0 Å². The maximum atomic E-state index is 6.03. The smallest absolute Gasteiger partial charge is 0.176 e. The first-order valence-electron chi connectivity index (χ1n) is 4.48. The van der Waals surface area contributed by atoms with E-state index in [1.807, 2.05) is 35.0 Å². The highest BCUT2D eigenvalue weighted by molar-refractivity contribution is 6.31.